The topological polar surface area (TPSA) is 461 Å². The van der Waals surface area contributed by atoms with Crippen molar-refractivity contribution in [2.24, 2.45) is 16.2 Å². The van der Waals surface area contributed by atoms with E-state index in [1.807, 2.05) is 89.2 Å². The SMILES string of the molecule is CC(C)(C)C(=O)OCn1ccc2c(-c3cnn(C4(CC#N)CCC4)c3)cnnc21.CC(C)(C)OC(=O)N1CC(CC#N)(n2cc(-c3cnnc4c3ccn4COC(=O)C(C)(C)C)cn2)C1.CCS(=O)(=O)Cl.CCS(=O)(=O)N1CC(CC#N)(n2cc(-c3cnnc4c3ccn4COC(=O)C(C)(C)C)cn2)C1.CO.[NH-]O.[Na+]. The van der Waals surface area contributed by atoms with Crippen LogP contribution in [-0.4, -0.2) is 184 Å². The third-order valence-electron chi connectivity index (χ3n) is 17.8. The van der Waals surface area contributed by atoms with Crippen molar-refractivity contribution in [1.82, 2.24) is 82.8 Å². The van der Waals surface area contributed by atoms with Crippen LogP contribution in [0.4, 0.5) is 4.79 Å². The molecule has 2 saturated heterocycles. The van der Waals surface area contributed by atoms with Gasteiger partial charge in [0.25, 0.3) is 0 Å². The molecular formula is C71H93ClN21NaO14S2. The number of aliphatic hydroxyl groups is 1. The average Bonchev–Trinajstić information content (AvgIpc) is 1.33. The van der Waals surface area contributed by atoms with Gasteiger partial charge in [0.15, 0.2) is 37.1 Å². The van der Waals surface area contributed by atoms with Crippen molar-refractivity contribution in [3.05, 3.63) is 98.5 Å². The van der Waals surface area contributed by atoms with Gasteiger partial charge in [-0.15, -0.1) is 15.3 Å². The monoisotopic (exact) mass is 1590 g/mol. The molecule has 0 unspecified atom stereocenters. The number of aromatic nitrogens is 15. The van der Waals surface area contributed by atoms with Crippen LogP contribution in [-0.2, 0) is 89.2 Å². The summed E-state index contributed by atoms with van der Waals surface area (Å²) in [6, 6.07) is 12.4. The van der Waals surface area contributed by atoms with Crippen molar-refractivity contribution < 1.29 is 94.8 Å². The first-order valence-electron chi connectivity index (χ1n) is 34.5. The Kier molecular flexibility index (Phi) is 29.9. The number of carbonyl (C=O) groups is 4. The molecule has 1 saturated carbocycles. The molecule has 39 heteroatoms. The van der Waals surface area contributed by atoms with Crippen molar-refractivity contribution in [3.8, 4) is 51.6 Å². The van der Waals surface area contributed by atoms with Crippen LogP contribution in [0.3, 0.4) is 0 Å². The van der Waals surface area contributed by atoms with Crippen LogP contribution >= 0.6 is 10.7 Å². The minimum Gasteiger partial charge on any atom is -0.553 e. The Labute approximate surface area is 664 Å². The molecule has 2 aliphatic heterocycles. The van der Waals surface area contributed by atoms with E-state index in [0.29, 0.717) is 36.5 Å². The van der Waals surface area contributed by atoms with Crippen molar-refractivity contribution in [3.63, 3.8) is 0 Å². The Bertz CT molecular complexity index is 5060. The number of nitrogens with one attached hydrogen (secondary N) is 1. The number of carbonyl (C=O) groups excluding carboxylic acids is 4. The Balaban J connectivity index is 0.000000242. The van der Waals surface area contributed by atoms with Gasteiger partial charge in [-0.3, -0.25) is 42.1 Å². The van der Waals surface area contributed by atoms with E-state index in [1.54, 1.807) is 126 Å². The quantitative estimate of drug-likeness (QED) is 0.0285. The van der Waals surface area contributed by atoms with Gasteiger partial charge >= 0.3 is 53.6 Å². The fraction of sp³-hybridized carbons (Fsp3) is 0.521. The molecule has 0 bridgehead atoms. The van der Waals surface area contributed by atoms with Crippen molar-refractivity contribution in [2.45, 2.75) is 178 Å². The predicted molar refractivity (Wildman–Crippen MR) is 400 cm³/mol. The van der Waals surface area contributed by atoms with Gasteiger partial charge in [0.1, 0.15) is 16.7 Å². The van der Waals surface area contributed by atoms with Crippen molar-refractivity contribution in [2.75, 3.05) is 44.8 Å². The van der Waals surface area contributed by atoms with Gasteiger partial charge in [0.05, 0.1) is 121 Å². The van der Waals surface area contributed by atoms with Gasteiger partial charge in [-0.1, -0.05) is 6.92 Å². The summed E-state index contributed by atoms with van der Waals surface area (Å²) in [6.45, 7) is 26.0. The molecule has 3 fully saturated rings. The molecule has 35 nitrogen and oxygen atoms in total. The third kappa shape index (κ3) is 21.2. The number of rotatable bonds is 18. The largest absolute Gasteiger partial charge is 1.00 e. The average molecular weight is 1590 g/mol. The maximum Gasteiger partial charge on any atom is 1.00 e. The zero-order valence-corrected chi connectivity index (χ0v) is 69.1. The number of ether oxygens (including phenoxy) is 4. The van der Waals surface area contributed by atoms with Crippen LogP contribution in [0, 0.1) is 50.2 Å². The predicted octanol–water partition coefficient (Wildman–Crippen LogP) is 7.07. The van der Waals surface area contributed by atoms with E-state index in [0.717, 1.165) is 75.9 Å². The number of aliphatic hydroxyl groups excluding tert-OH is 1. The molecule has 9 aromatic rings. The zero-order chi connectivity index (χ0) is 80.9. The second-order valence-corrected chi connectivity index (χ2v) is 35.5. The number of halogens is 1. The van der Waals surface area contributed by atoms with E-state index in [-0.39, 0.29) is 111 Å². The number of fused-ring (bicyclic) bond motifs is 3. The maximum atomic E-state index is 12.4. The number of nitrogens with zero attached hydrogens (tertiary/aromatic N) is 20. The number of hydrogen-bond donors (Lipinski definition) is 2. The number of esters is 3. The minimum absolute atomic E-state index is 0. The first-order chi connectivity index (χ1) is 51.2. The second-order valence-electron chi connectivity index (χ2n) is 30.2. The summed E-state index contributed by atoms with van der Waals surface area (Å²) in [4.78, 5) is 50.4. The summed E-state index contributed by atoms with van der Waals surface area (Å²) in [5.74, 6) is 3.88. The molecule has 1 aliphatic carbocycles. The fourth-order valence-electron chi connectivity index (χ4n) is 11.5. The summed E-state index contributed by atoms with van der Waals surface area (Å²) in [5.41, 5.74) is 2.89. The van der Waals surface area contributed by atoms with Gasteiger partial charge in [0.2, 0.25) is 19.1 Å². The maximum absolute atomic E-state index is 12.4. The molecule has 12 rings (SSSR count). The van der Waals surface area contributed by atoms with Crippen LogP contribution in [0.2, 0.25) is 0 Å². The van der Waals surface area contributed by atoms with E-state index >= 15 is 0 Å². The van der Waals surface area contributed by atoms with Crippen LogP contribution < -0.4 is 29.6 Å². The number of sulfonamides is 1. The Morgan fingerprint density at radius 1 is 0.527 bits per heavy atom. The van der Waals surface area contributed by atoms with Crippen LogP contribution in [0.25, 0.3) is 72.4 Å². The Hall–Kier alpha value is -9.33. The summed E-state index contributed by atoms with van der Waals surface area (Å²) in [7, 11) is -0.825. The molecule has 9 aromatic heterocycles. The molecule has 3 aliphatic rings. The molecule has 0 spiro atoms. The number of hydrogen-bond acceptors (Lipinski definition) is 26. The van der Waals surface area contributed by atoms with E-state index in [4.69, 9.17) is 35.2 Å². The standard InChI is InChI=1S/C25H31N7O4.C22H27N7O4S.C21H24N6O2.C2H5ClO2S.CH4O.H2NO.Na/c1-23(2,3)21(33)35-16-30-10-7-18-19(12-27-29-20(18)30)17-11-28-32(13-17)25(8-9-26)14-31(15-25)22(34)36-24(4,5)6;1-5-34(31,32)28-13-22(14-28,7-8-23)29-12-16(10-25-29)18-11-24-26-19-17(18)6-9-27(19)15-33-20(30)21(2,3)4;1-20(2,3)19(28)29-14-26-10-5-16-17(12-23-25-18(16)26)15-11-24-27(13-15)21(8-9-22)6-4-7-21;1-2-6(3,4)5;2*1-2;/h7,10-13H,8,14-16H2,1-6H3;6,9-12H,5,7,13-15H2,1-4H3;5,10-13H,4,6-8,14H2,1-3H3;2H2,1H3;2H,1H3;1-2H;/q;;;;;-1;+1. The van der Waals surface area contributed by atoms with Gasteiger partial charge in [-0.25, -0.2) is 21.6 Å². The van der Waals surface area contributed by atoms with Crippen LogP contribution in [0.1, 0.15) is 135 Å². The van der Waals surface area contributed by atoms with Crippen molar-refractivity contribution in [1.29, 1.82) is 15.8 Å². The summed E-state index contributed by atoms with van der Waals surface area (Å²) in [6.07, 6.45) is 24.7. The number of likely N-dealkylation sites (tertiary alicyclic amines) is 1. The Morgan fingerprint density at radius 2 is 0.836 bits per heavy atom. The molecule has 0 aromatic carbocycles. The molecule has 0 radical (unpaired) electrons. The summed E-state index contributed by atoms with van der Waals surface area (Å²) >= 11 is 0. The fourth-order valence-corrected chi connectivity index (χ4v) is 12.7. The van der Waals surface area contributed by atoms with E-state index < -0.39 is 58.1 Å². The van der Waals surface area contributed by atoms with Gasteiger partial charge in [-0.2, -0.15) is 50.7 Å². The summed E-state index contributed by atoms with van der Waals surface area (Å²) in [5, 5.41) is 82.4. The molecular weight excluding hydrogens is 1490 g/mol. The second kappa shape index (κ2) is 36.7. The zero-order valence-electron chi connectivity index (χ0n) is 64.7. The summed E-state index contributed by atoms with van der Waals surface area (Å²) < 4.78 is 77.6. The number of nitriles is 3. The minimum atomic E-state index is -3.33. The Morgan fingerprint density at radius 3 is 1.11 bits per heavy atom. The van der Waals surface area contributed by atoms with Crippen molar-refractivity contribution >= 4 is 86.9 Å². The molecule has 3 N–H and O–H groups in total. The number of amides is 1. The molecule has 586 valence electrons. The van der Waals surface area contributed by atoms with Gasteiger partial charge in [-0.05, 0) is 127 Å². The molecule has 110 heavy (non-hydrogen) atoms. The van der Waals surface area contributed by atoms with Gasteiger partial charge in [0, 0.05) is 118 Å². The van der Waals surface area contributed by atoms with E-state index in [9.17, 15) is 51.8 Å². The third-order valence-corrected chi connectivity index (χ3v) is 21.0. The van der Waals surface area contributed by atoms with E-state index in [2.05, 4.69) is 74.8 Å². The first-order valence-corrected chi connectivity index (χ1v) is 38.6. The first kappa shape index (κ1) is 89.6. The normalized spacial score (nSPS) is 14.9. The van der Waals surface area contributed by atoms with E-state index in [1.165, 1.54) is 11.2 Å². The smallest absolute Gasteiger partial charge is 0.553 e. The van der Waals surface area contributed by atoms with Gasteiger partial charge < -0.3 is 40.1 Å². The molecule has 11 heterocycles. The van der Waals surface area contributed by atoms with Crippen LogP contribution in [0.15, 0.2) is 92.6 Å². The molecule has 0 atom stereocenters. The molecule has 1 amide bonds. The van der Waals surface area contributed by atoms with Crippen LogP contribution in [0.5, 0.6) is 0 Å².